The normalized spacial score (nSPS) is 25.7. The second-order valence-electron chi connectivity index (χ2n) is 5.02. The van der Waals surface area contributed by atoms with Crippen LogP contribution in [0.2, 0.25) is 0 Å². The Bertz CT molecular complexity index is 311. The van der Waals surface area contributed by atoms with Crippen molar-refractivity contribution in [1.29, 1.82) is 0 Å². The predicted octanol–water partition coefficient (Wildman–Crippen LogP) is 1.55. The molecule has 1 saturated heterocycles. The summed E-state index contributed by atoms with van der Waals surface area (Å²) in [6, 6.07) is -0.321. The van der Waals surface area contributed by atoms with Gasteiger partial charge >= 0.3 is 0 Å². The summed E-state index contributed by atoms with van der Waals surface area (Å²) < 4.78 is 0. The molecule has 0 aromatic rings. The Labute approximate surface area is 104 Å². The number of hydrogen-bond acceptors (Lipinski definition) is 2. The van der Waals surface area contributed by atoms with E-state index in [2.05, 4.69) is 5.32 Å². The third-order valence-corrected chi connectivity index (χ3v) is 4.17. The second-order valence-corrected chi connectivity index (χ2v) is 5.02. The minimum Gasteiger partial charge on any atom is -0.340 e. The molecule has 1 aliphatic heterocycles. The van der Waals surface area contributed by atoms with Crippen molar-refractivity contribution in [2.24, 2.45) is 5.92 Å². The largest absolute Gasteiger partial charge is 0.340 e. The van der Waals surface area contributed by atoms with E-state index >= 15 is 0 Å². The Morgan fingerprint density at radius 1 is 1.29 bits per heavy atom. The molecule has 0 saturated carbocycles. The SMILES string of the molecule is CCC(C)C1C(=O)NC(CC)(CC)C(=O)N1C. The number of hydrogen-bond donors (Lipinski definition) is 1. The first-order chi connectivity index (χ1) is 7.93. The van der Waals surface area contributed by atoms with Crippen LogP contribution in [0.5, 0.6) is 0 Å². The molecule has 0 bridgehead atoms. The van der Waals surface area contributed by atoms with Crippen molar-refractivity contribution in [2.75, 3.05) is 7.05 Å². The number of carbonyl (C=O) groups is 2. The highest BCUT2D eigenvalue weighted by molar-refractivity contribution is 5.99. The molecular weight excluding hydrogens is 216 g/mol. The molecule has 1 fully saturated rings. The van der Waals surface area contributed by atoms with E-state index in [4.69, 9.17) is 0 Å². The van der Waals surface area contributed by atoms with Gasteiger partial charge in [0.15, 0.2) is 0 Å². The summed E-state index contributed by atoms with van der Waals surface area (Å²) >= 11 is 0. The minimum absolute atomic E-state index is 0.00912. The molecular formula is C13H24N2O2. The van der Waals surface area contributed by atoms with Crippen LogP contribution in [0.25, 0.3) is 0 Å². The van der Waals surface area contributed by atoms with Gasteiger partial charge < -0.3 is 10.2 Å². The van der Waals surface area contributed by atoms with Crippen LogP contribution in [0, 0.1) is 5.92 Å². The van der Waals surface area contributed by atoms with Crippen molar-refractivity contribution in [2.45, 2.75) is 58.5 Å². The Morgan fingerprint density at radius 3 is 2.24 bits per heavy atom. The fourth-order valence-corrected chi connectivity index (χ4v) is 2.60. The summed E-state index contributed by atoms with van der Waals surface area (Å²) in [5.41, 5.74) is -0.685. The fourth-order valence-electron chi connectivity index (χ4n) is 2.60. The number of likely N-dealkylation sites (N-methyl/N-ethyl adjacent to an activating group) is 1. The molecule has 4 heteroatoms. The molecule has 0 radical (unpaired) electrons. The molecule has 1 rings (SSSR count). The number of piperazine rings is 1. The van der Waals surface area contributed by atoms with Crippen molar-refractivity contribution in [1.82, 2.24) is 10.2 Å². The molecule has 98 valence electrons. The molecule has 1 N–H and O–H groups in total. The maximum Gasteiger partial charge on any atom is 0.248 e. The van der Waals surface area contributed by atoms with Crippen molar-refractivity contribution < 1.29 is 9.59 Å². The van der Waals surface area contributed by atoms with Gasteiger partial charge in [-0.3, -0.25) is 9.59 Å². The van der Waals surface area contributed by atoms with Crippen molar-refractivity contribution in [3.63, 3.8) is 0 Å². The van der Waals surface area contributed by atoms with Gasteiger partial charge in [-0.1, -0.05) is 34.1 Å². The number of carbonyl (C=O) groups excluding carboxylic acids is 2. The van der Waals surface area contributed by atoms with E-state index in [0.29, 0.717) is 12.8 Å². The van der Waals surface area contributed by atoms with Crippen LogP contribution in [0.3, 0.4) is 0 Å². The molecule has 1 aliphatic rings. The molecule has 2 atom stereocenters. The van der Waals surface area contributed by atoms with E-state index in [1.165, 1.54) is 0 Å². The van der Waals surface area contributed by atoms with Gasteiger partial charge in [-0.05, 0) is 18.8 Å². The van der Waals surface area contributed by atoms with Crippen LogP contribution in [0.15, 0.2) is 0 Å². The van der Waals surface area contributed by atoms with Gasteiger partial charge in [-0.15, -0.1) is 0 Å². The number of rotatable bonds is 4. The van der Waals surface area contributed by atoms with Crippen LogP contribution < -0.4 is 5.32 Å². The van der Waals surface area contributed by atoms with Crippen molar-refractivity contribution in [3.05, 3.63) is 0 Å². The third-order valence-electron chi connectivity index (χ3n) is 4.17. The Kier molecular flexibility index (Phi) is 4.17. The molecule has 0 aromatic heterocycles. The van der Waals surface area contributed by atoms with Gasteiger partial charge in [-0.2, -0.15) is 0 Å². The highest BCUT2D eigenvalue weighted by atomic mass is 16.2. The van der Waals surface area contributed by atoms with Gasteiger partial charge in [0, 0.05) is 7.05 Å². The molecule has 2 amide bonds. The lowest BCUT2D eigenvalue weighted by Gasteiger charge is -2.45. The first-order valence-corrected chi connectivity index (χ1v) is 6.52. The summed E-state index contributed by atoms with van der Waals surface area (Å²) in [6.45, 7) is 7.94. The lowest BCUT2D eigenvalue weighted by Crippen LogP contribution is -2.70. The number of nitrogens with one attached hydrogen (secondary N) is 1. The van der Waals surface area contributed by atoms with Crippen LogP contribution in [0.4, 0.5) is 0 Å². The molecule has 0 aromatic carbocycles. The summed E-state index contributed by atoms with van der Waals surface area (Å²) in [5.74, 6) is 0.230. The Hall–Kier alpha value is -1.06. The van der Waals surface area contributed by atoms with Crippen LogP contribution in [0.1, 0.15) is 47.0 Å². The zero-order valence-corrected chi connectivity index (χ0v) is 11.5. The second kappa shape index (κ2) is 5.07. The lowest BCUT2D eigenvalue weighted by molar-refractivity contribution is -0.155. The van der Waals surface area contributed by atoms with Crippen LogP contribution in [-0.2, 0) is 9.59 Å². The molecule has 17 heavy (non-hydrogen) atoms. The maximum absolute atomic E-state index is 12.4. The van der Waals surface area contributed by atoms with Crippen LogP contribution >= 0.6 is 0 Å². The van der Waals surface area contributed by atoms with Crippen molar-refractivity contribution in [3.8, 4) is 0 Å². The highest BCUT2D eigenvalue weighted by Crippen LogP contribution is 2.27. The lowest BCUT2D eigenvalue weighted by atomic mass is 9.84. The number of nitrogens with zero attached hydrogens (tertiary/aromatic N) is 1. The smallest absolute Gasteiger partial charge is 0.248 e. The summed E-state index contributed by atoms with van der Waals surface area (Å²) in [7, 11) is 1.75. The average Bonchev–Trinajstić information content (AvgIpc) is 2.33. The monoisotopic (exact) mass is 240 g/mol. The Morgan fingerprint density at radius 2 is 1.82 bits per heavy atom. The minimum atomic E-state index is -0.685. The van der Waals surface area contributed by atoms with E-state index in [1.54, 1.807) is 11.9 Å². The predicted molar refractivity (Wildman–Crippen MR) is 67.5 cm³/mol. The zero-order valence-electron chi connectivity index (χ0n) is 11.5. The zero-order chi connectivity index (χ0) is 13.2. The number of amides is 2. The quantitative estimate of drug-likeness (QED) is 0.810. The first-order valence-electron chi connectivity index (χ1n) is 6.52. The molecule has 0 aliphatic carbocycles. The van der Waals surface area contributed by atoms with E-state index in [9.17, 15) is 9.59 Å². The molecule has 1 heterocycles. The average molecular weight is 240 g/mol. The first kappa shape index (κ1) is 14.0. The Balaban J connectivity index is 3.02. The van der Waals surface area contributed by atoms with Crippen LogP contribution in [-0.4, -0.2) is 35.3 Å². The summed E-state index contributed by atoms with van der Waals surface area (Å²) in [5, 5.41) is 2.94. The molecule has 4 nitrogen and oxygen atoms in total. The summed E-state index contributed by atoms with van der Waals surface area (Å²) in [6.07, 6.45) is 2.18. The summed E-state index contributed by atoms with van der Waals surface area (Å²) in [4.78, 5) is 26.2. The van der Waals surface area contributed by atoms with E-state index in [1.807, 2.05) is 27.7 Å². The van der Waals surface area contributed by atoms with E-state index in [-0.39, 0.29) is 23.8 Å². The standard InChI is InChI=1S/C13H24N2O2/c1-6-9(4)10-11(16)14-13(7-2,8-3)12(17)15(10)5/h9-10H,6-8H2,1-5H3,(H,14,16). The highest BCUT2D eigenvalue weighted by Gasteiger charge is 2.48. The van der Waals surface area contributed by atoms with Gasteiger partial charge in [0.2, 0.25) is 11.8 Å². The molecule has 2 unspecified atom stereocenters. The fraction of sp³-hybridized carbons (Fsp3) is 0.846. The topological polar surface area (TPSA) is 49.4 Å². The van der Waals surface area contributed by atoms with Gasteiger partial charge in [0.25, 0.3) is 0 Å². The van der Waals surface area contributed by atoms with Gasteiger partial charge in [0.1, 0.15) is 11.6 Å². The maximum atomic E-state index is 12.4. The van der Waals surface area contributed by atoms with Gasteiger partial charge in [-0.25, -0.2) is 0 Å². The van der Waals surface area contributed by atoms with E-state index in [0.717, 1.165) is 6.42 Å². The third kappa shape index (κ3) is 2.17. The van der Waals surface area contributed by atoms with E-state index < -0.39 is 5.54 Å². The molecule has 0 spiro atoms. The van der Waals surface area contributed by atoms with Crippen molar-refractivity contribution >= 4 is 11.8 Å². The van der Waals surface area contributed by atoms with Gasteiger partial charge in [0.05, 0.1) is 0 Å².